The summed E-state index contributed by atoms with van der Waals surface area (Å²) in [5.74, 6) is -0.454. The molecule has 2 heterocycles. The number of amides is 2. The molecule has 2 aromatic carbocycles. The molecule has 2 amide bonds. The van der Waals surface area contributed by atoms with Crippen LogP contribution in [0, 0.1) is 0 Å². The molecule has 7 nitrogen and oxygen atoms in total. The first-order chi connectivity index (χ1) is 16.4. The summed E-state index contributed by atoms with van der Waals surface area (Å²) in [6, 6.07) is 14.1. The fraction of sp³-hybridized carbons (Fsp3) is 0.346. The lowest BCUT2D eigenvalue weighted by atomic mass is 9.93. The van der Waals surface area contributed by atoms with Crippen LogP contribution >= 0.6 is 11.6 Å². The highest BCUT2D eigenvalue weighted by atomic mass is 35.5. The first kappa shape index (κ1) is 24.0. The number of rotatable bonds is 5. The van der Waals surface area contributed by atoms with E-state index in [4.69, 9.17) is 16.3 Å². The lowest BCUT2D eigenvalue weighted by Crippen LogP contribution is -2.51. The van der Waals surface area contributed by atoms with Crippen LogP contribution in [0.4, 0.5) is 0 Å². The molecular weight excluding hydrogens is 454 g/mol. The number of ether oxygens (including phenoxy) is 1. The van der Waals surface area contributed by atoms with Crippen LogP contribution in [0.15, 0.2) is 54.7 Å². The summed E-state index contributed by atoms with van der Waals surface area (Å²) in [4.78, 5) is 43.5. The average Bonchev–Trinajstić information content (AvgIpc) is 2.85. The van der Waals surface area contributed by atoms with Crippen LogP contribution in [0.2, 0.25) is 5.02 Å². The molecule has 1 fully saturated rings. The number of halogens is 1. The zero-order valence-corrected chi connectivity index (χ0v) is 20.1. The first-order valence-corrected chi connectivity index (χ1v) is 11.7. The van der Waals surface area contributed by atoms with Gasteiger partial charge in [-0.15, -0.1) is 0 Å². The molecule has 2 aromatic rings. The average molecular weight is 482 g/mol. The van der Waals surface area contributed by atoms with Crippen molar-refractivity contribution in [1.29, 1.82) is 0 Å². The number of benzene rings is 2. The van der Waals surface area contributed by atoms with E-state index in [9.17, 15) is 14.4 Å². The number of nitrogens with zero attached hydrogens (tertiary/aromatic N) is 3. The van der Waals surface area contributed by atoms with Gasteiger partial charge in [-0.3, -0.25) is 14.5 Å². The van der Waals surface area contributed by atoms with Gasteiger partial charge in [-0.25, -0.2) is 4.79 Å². The number of esters is 1. The predicted molar refractivity (Wildman–Crippen MR) is 130 cm³/mol. The number of piperazine rings is 1. The van der Waals surface area contributed by atoms with E-state index in [-0.39, 0.29) is 30.2 Å². The first-order valence-electron chi connectivity index (χ1n) is 11.3. The Hall–Kier alpha value is -3.16. The SMILES string of the molecule is COC(=O)C(c1ccc(Cl)cc1)N1CCN(C(=O)CC2c3ccccc3C=CN2C(C)=O)CC1. The summed E-state index contributed by atoms with van der Waals surface area (Å²) < 4.78 is 5.05. The quantitative estimate of drug-likeness (QED) is 0.609. The summed E-state index contributed by atoms with van der Waals surface area (Å²) >= 11 is 6.01. The molecule has 178 valence electrons. The summed E-state index contributed by atoms with van der Waals surface area (Å²) in [5.41, 5.74) is 2.80. The second-order valence-electron chi connectivity index (χ2n) is 8.48. The predicted octanol–water partition coefficient (Wildman–Crippen LogP) is 3.66. The number of carbonyl (C=O) groups excluding carboxylic acids is 3. The van der Waals surface area contributed by atoms with E-state index in [0.717, 1.165) is 16.7 Å². The third-order valence-electron chi connectivity index (χ3n) is 6.48. The van der Waals surface area contributed by atoms with Gasteiger partial charge in [-0.05, 0) is 34.9 Å². The highest BCUT2D eigenvalue weighted by molar-refractivity contribution is 6.30. The number of carbonyl (C=O) groups is 3. The van der Waals surface area contributed by atoms with Crippen LogP contribution in [0.3, 0.4) is 0 Å². The van der Waals surface area contributed by atoms with Gasteiger partial charge in [0.1, 0.15) is 6.04 Å². The number of fused-ring (bicyclic) bond motifs is 1. The molecule has 0 aromatic heterocycles. The minimum atomic E-state index is -0.553. The number of hydrogen-bond donors (Lipinski definition) is 0. The molecule has 2 aliphatic heterocycles. The Morgan fingerprint density at radius 3 is 2.35 bits per heavy atom. The molecule has 0 N–H and O–H groups in total. The Morgan fingerprint density at radius 1 is 1.03 bits per heavy atom. The summed E-state index contributed by atoms with van der Waals surface area (Å²) in [6.07, 6.45) is 3.87. The minimum Gasteiger partial charge on any atom is -0.468 e. The molecule has 1 saturated heterocycles. The number of methoxy groups -OCH3 is 1. The van der Waals surface area contributed by atoms with Gasteiger partial charge in [0.25, 0.3) is 0 Å². The van der Waals surface area contributed by atoms with Gasteiger partial charge >= 0.3 is 5.97 Å². The molecule has 8 heteroatoms. The smallest absolute Gasteiger partial charge is 0.327 e. The monoisotopic (exact) mass is 481 g/mol. The molecule has 0 bridgehead atoms. The Labute approximate surface area is 204 Å². The van der Waals surface area contributed by atoms with E-state index < -0.39 is 6.04 Å². The molecule has 2 aliphatic rings. The van der Waals surface area contributed by atoms with Crippen LogP contribution in [-0.4, -0.2) is 65.8 Å². The second kappa shape index (κ2) is 10.4. The molecule has 0 aliphatic carbocycles. The molecule has 0 radical (unpaired) electrons. The van der Waals surface area contributed by atoms with Gasteiger partial charge in [0.2, 0.25) is 11.8 Å². The van der Waals surface area contributed by atoms with E-state index in [2.05, 4.69) is 0 Å². The van der Waals surface area contributed by atoms with E-state index in [1.165, 1.54) is 14.0 Å². The van der Waals surface area contributed by atoms with Crippen LogP contribution < -0.4 is 0 Å². The van der Waals surface area contributed by atoms with Crippen molar-refractivity contribution >= 4 is 35.5 Å². The fourth-order valence-electron chi connectivity index (χ4n) is 4.69. The number of hydrogen-bond acceptors (Lipinski definition) is 5. The van der Waals surface area contributed by atoms with Crippen molar-refractivity contribution in [1.82, 2.24) is 14.7 Å². The molecule has 0 saturated carbocycles. The summed E-state index contributed by atoms with van der Waals surface area (Å²) in [5, 5.41) is 0.599. The lowest BCUT2D eigenvalue weighted by Gasteiger charge is -2.39. The van der Waals surface area contributed by atoms with E-state index in [1.807, 2.05) is 52.3 Å². The highest BCUT2D eigenvalue weighted by Gasteiger charge is 2.34. The maximum Gasteiger partial charge on any atom is 0.327 e. The molecule has 34 heavy (non-hydrogen) atoms. The molecule has 0 spiro atoms. The molecule has 2 atom stereocenters. The van der Waals surface area contributed by atoms with Gasteiger partial charge in [-0.2, -0.15) is 0 Å². The van der Waals surface area contributed by atoms with Gasteiger partial charge in [-0.1, -0.05) is 48.0 Å². The summed E-state index contributed by atoms with van der Waals surface area (Å²) in [6.45, 7) is 3.56. The van der Waals surface area contributed by atoms with Gasteiger partial charge < -0.3 is 14.5 Å². The Morgan fingerprint density at radius 2 is 1.71 bits per heavy atom. The van der Waals surface area contributed by atoms with Crippen molar-refractivity contribution in [2.24, 2.45) is 0 Å². The molecular formula is C26H28ClN3O4. The third kappa shape index (κ3) is 5.00. The van der Waals surface area contributed by atoms with Gasteiger partial charge in [0, 0.05) is 44.3 Å². The summed E-state index contributed by atoms with van der Waals surface area (Å²) in [7, 11) is 1.38. The maximum absolute atomic E-state index is 13.3. The van der Waals surface area contributed by atoms with E-state index in [1.54, 1.807) is 23.2 Å². The van der Waals surface area contributed by atoms with Gasteiger partial charge in [0.05, 0.1) is 19.6 Å². The van der Waals surface area contributed by atoms with Crippen molar-refractivity contribution in [3.05, 3.63) is 76.4 Å². The lowest BCUT2D eigenvalue weighted by molar-refractivity contribution is -0.148. The zero-order valence-electron chi connectivity index (χ0n) is 19.3. The molecule has 4 rings (SSSR count). The van der Waals surface area contributed by atoms with Crippen LogP contribution in [0.5, 0.6) is 0 Å². The van der Waals surface area contributed by atoms with Crippen LogP contribution in [-0.2, 0) is 19.1 Å². The Bertz CT molecular complexity index is 1090. The highest BCUT2D eigenvalue weighted by Crippen LogP contribution is 2.33. The fourth-order valence-corrected chi connectivity index (χ4v) is 4.82. The van der Waals surface area contributed by atoms with Crippen molar-refractivity contribution in [3.63, 3.8) is 0 Å². The van der Waals surface area contributed by atoms with Gasteiger partial charge in [0.15, 0.2) is 0 Å². The standard InChI is InChI=1S/C26H28ClN3O4/c1-18(31)30-12-11-19-5-3-4-6-22(19)23(30)17-24(32)28-13-15-29(16-14-28)25(26(33)34-2)20-7-9-21(27)10-8-20/h3-12,23,25H,13-17H2,1-2H3. The second-order valence-corrected chi connectivity index (χ2v) is 8.92. The minimum absolute atomic E-state index is 0.0119. The topological polar surface area (TPSA) is 70.2 Å². The van der Waals surface area contributed by atoms with E-state index in [0.29, 0.717) is 31.2 Å². The normalized spacial score (nSPS) is 18.9. The zero-order chi connectivity index (χ0) is 24.2. The Balaban J connectivity index is 1.45. The molecule has 2 unspecified atom stereocenters. The third-order valence-corrected chi connectivity index (χ3v) is 6.73. The maximum atomic E-state index is 13.3. The van der Waals surface area contributed by atoms with Crippen LogP contribution in [0.25, 0.3) is 6.08 Å². The van der Waals surface area contributed by atoms with Crippen molar-refractivity contribution < 1.29 is 19.1 Å². The van der Waals surface area contributed by atoms with Crippen molar-refractivity contribution in [3.8, 4) is 0 Å². The van der Waals surface area contributed by atoms with Crippen molar-refractivity contribution in [2.45, 2.75) is 25.4 Å². The Kier molecular flexibility index (Phi) is 7.34. The largest absolute Gasteiger partial charge is 0.468 e. The van der Waals surface area contributed by atoms with Crippen molar-refractivity contribution in [2.75, 3.05) is 33.3 Å². The van der Waals surface area contributed by atoms with Crippen LogP contribution in [0.1, 0.15) is 42.1 Å². The van der Waals surface area contributed by atoms with E-state index >= 15 is 0 Å².